The molecule has 0 fully saturated rings. The van der Waals surface area contributed by atoms with Crippen LogP contribution in [0.1, 0.15) is 35.8 Å². The number of hydrogen-bond donors (Lipinski definition) is 2. The Labute approximate surface area is 231 Å². The lowest BCUT2D eigenvalue weighted by molar-refractivity contribution is -0.153. The molecule has 2 N–H and O–H groups in total. The fourth-order valence-corrected chi connectivity index (χ4v) is 4.22. The van der Waals surface area contributed by atoms with Crippen molar-refractivity contribution in [2.45, 2.75) is 32.4 Å². The van der Waals surface area contributed by atoms with Gasteiger partial charge in [-0.25, -0.2) is 14.8 Å². The predicted octanol–water partition coefficient (Wildman–Crippen LogP) is 6.25. The van der Waals surface area contributed by atoms with Crippen LogP contribution in [-0.4, -0.2) is 54.5 Å². The van der Waals surface area contributed by atoms with Gasteiger partial charge < -0.3 is 14.6 Å². The minimum absolute atomic E-state index is 0.0568. The summed E-state index contributed by atoms with van der Waals surface area (Å²) >= 11 is 0. The Balaban J connectivity index is 1.51. The van der Waals surface area contributed by atoms with Crippen LogP contribution in [-0.2, 0) is 6.42 Å². The molecule has 5 rings (SSSR count). The van der Waals surface area contributed by atoms with Crippen molar-refractivity contribution in [2.24, 2.45) is 0 Å². The molecule has 0 bridgehead atoms. The maximum atomic E-state index is 12.8. The molecule has 0 aliphatic heterocycles. The third kappa shape index (κ3) is 6.24. The van der Waals surface area contributed by atoms with Gasteiger partial charge >= 0.3 is 12.1 Å². The van der Waals surface area contributed by atoms with Crippen molar-refractivity contribution >= 4 is 17.0 Å². The number of fused-ring (bicyclic) bond motifs is 1. The Kier molecular flexibility index (Phi) is 7.77. The van der Waals surface area contributed by atoms with Gasteiger partial charge in [-0.05, 0) is 53.4 Å². The number of nitrogens with one attached hydrogen (secondary N) is 1. The first-order valence-electron chi connectivity index (χ1n) is 12.6. The lowest BCUT2D eigenvalue weighted by atomic mass is 9.99. The van der Waals surface area contributed by atoms with Crippen LogP contribution in [0, 0.1) is 0 Å². The molecular formula is C28H23F3N6O4. The number of benzene rings is 3. The molecule has 10 nitrogen and oxygen atoms in total. The van der Waals surface area contributed by atoms with Crippen LogP contribution in [0.3, 0.4) is 0 Å². The first kappa shape index (κ1) is 27.5. The number of carbonyl (C=O) groups is 1. The van der Waals surface area contributed by atoms with Crippen LogP contribution < -0.4 is 9.47 Å². The van der Waals surface area contributed by atoms with Crippen LogP contribution in [0.5, 0.6) is 17.4 Å². The topological polar surface area (TPSA) is 136 Å². The molecule has 0 saturated carbocycles. The first-order valence-corrected chi connectivity index (χ1v) is 12.6. The zero-order chi connectivity index (χ0) is 29.0. The van der Waals surface area contributed by atoms with E-state index >= 15 is 0 Å². The maximum Gasteiger partial charge on any atom is 0.422 e. The number of H-pyrrole nitrogens is 1. The van der Waals surface area contributed by atoms with Crippen LogP contribution >= 0.6 is 0 Å². The second-order valence-corrected chi connectivity index (χ2v) is 9.00. The monoisotopic (exact) mass is 564 g/mol. The van der Waals surface area contributed by atoms with E-state index in [1.165, 1.54) is 6.07 Å². The number of alkyl halides is 3. The Morgan fingerprint density at radius 2 is 1.76 bits per heavy atom. The molecule has 0 amide bonds. The van der Waals surface area contributed by atoms with Crippen molar-refractivity contribution in [1.82, 2.24) is 30.6 Å². The Hall–Kier alpha value is -5.07. The Morgan fingerprint density at radius 1 is 1.00 bits per heavy atom. The summed E-state index contributed by atoms with van der Waals surface area (Å²) in [5.41, 5.74) is 2.53. The van der Waals surface area contributed by atoms with Gasteiger partial charge in [-0.15, -0.1) is 10.2 Å². The van der Waals surface area contributed by atoms with E-state index in [0.717, 1.165) is 35.6 Å². The number of carboxylic acids is 1. The summed E-state index contributed by atoms with van der Waals surface area (Å²) in [7, 11) is 0. The smallest absolute Gasteiger partial charge is 0.422 e. The van der Waals surface area contributed by atoms with E-state index in [1.807, 2.05) is 43.3 Å². The number of hydrogen-bond acceptors (Lipinski definition) is 8. The van der Waals surface area contributed by atoms with E-state index in [0.29, 0.717) is 23.7 Å². The molecule has 0 unspecified atom stereocenters. The second-order valence-electron chi connectivity index (χ2n) is 9.00. The minimum Gasteiger partial charge on any atom is -0.483 e. The molecule has 2 aromatic heterocycles. The predicted molar refractivity (Wildman–Crippen MR) is 142 cm³/mol. The second kappa shape index (κ2) is 11.6. The quantitative estimate of drug-likeness (QED) is 0.202. The standard InChI is InChI=1S/C28H23F3N6O4/c1-2-3-8-21-26(33-24-20(32-21)13-14-22(23(24)27(38)39)40-15-28(29,30)31)41-17-11-9-16(10-12-17)18-6-4-5-7-19(18)25-34-36-37-35-25/h4-7,9-14H,2-3,8,15H2,1H3,(H,38,39)(H,34,35,36,37). The van der Waals surface area contributed by atoms with E-state index in [2.05, 4.69) is 30.6 Å². The fraction of sp³-hybridized carbons (Fsp3) is 0.214. The van der Waals surface area contributed by atoms with Crippen molar-refractivity contribution in [1.29, 1.82) is 0 Å². The van der Waals surface area contributed by atoms with Gasteiger partial charge in [-0.3, -0.25) is 0 Å². The number of rotatable bonds is 10. The largest absolute Gasteiger partial charge is 0.483 e. The van der Waals surface area contributed by atoms with Crippen LogP contribution in [0.4, 0.5) is 13.2 Å². The molecule has 13 heteroatoms. The zero-order valence-electron chi connectivity index (χ0n) is 21.6. The highest BCUT2D eigenvalue weighted by Gasteiger charge is 2.30. The lowest BCUT2D eigenvalue weighted by Crippen LogP contribution is -2.20. The molecule has 0 aliphatic rings. The molecule has 0 spiro atoms. The van der Waals surface area contributed by atoms with E-state index in [4.69, 9.17) is 9.47 Å². The highest BCUT2D eigenvalue weighted by Crippen LogP contribution is 2.34. The van der Waals surface area contributed by atoms with Gasteiger partial charge in [-0.1, -0.05) is 49.7 Å². The molecule has 0 atom stereocenters. The van der Waals surface area contributed by atoms with Crippen molar-refractivity contribution in [3.05, 3.63) is 71.9 Å². The highest BCUT2D eigenvalue weighted by atomic mass is 19.4. The van der Waals surface area contributed by atoms with Gasteiger partial charge in [0.1, 0.15) is 28.3 Å². The number of ether oxygens (including phenoxy) is 2. The van der Waals surface area contributed by atoms with Crippen LogP contribution in [0.25, 0.3) is 33.5 Å². The summed E-state index contributed by atoms with van der Waals surface area (Å²) in [6.07, 6.45) is -2.52. The number of aromatic nitrogens is 6. The van der Waals surface area contributed by atoms with Crippen LogP contribution in [0.15, 0.2) is 60.7 Å². The van der Waals surface area contributed by atoms with Gasteiger partial charge in [0.15, 0.2) is 6.61 Å². The van der Waals surface area contributed by atoms with Gasteiger partial charge in [0, 0.05) is 5.56 Å². The number of halogens is 3. The molecule has 41 heavy (non-hydrogen) atoms. The average molecular weight is 565 g/mol. The molecule has 0 saturated heterocycles. The van der Waals surface area contributed by atoms with Gasteiger partial charge in [-0.2, -0.15) is 18.4 Å². The number of unbranched alkanes of at least 4 members (excludes halogenated alkanes) is 1. The van der Waals surface area contributed by atoms with Gasteiger partial charge in [0.25, 0.3) is 0 Å². The number of carboxylic acid groups (broad SMARTS) is 1. The Bertz CT molecular complexity index is 1680. The van der Waals surface area contributed by atoms with Gasteiger partial charge in [0.05, 0.1) is 5.52 Å². The van der Waals surface area contributed by atoms with Crippen LogP contribution in [0.2, 0.25) is 0 Å². The Morgan fingerprint density at radius 3 is 2.41 bits per heavy atom. The molecule has 3 aromatic carbocycles. The molecule has 210 valence electrons. The maximum absolute atomic E-state index is 12.8. The van der Waals surface area contributed by atoms with E-state index in [-0.39, 0.29) is 16.9 Å². The summed E-state index contributed by atoms with van der Waals surface area (Å²) in [5, 5.41) is 24.0. The number of aromatic carboxylic acids is 1. The molecule has 0 radical (unpaired) electrons. The van der Waals surface area contributed by atoms with Crippen molar-refractivity contribution in [2.75, 3.05) is 6.61 Å². The number of nitrogens with zero attached hydrogens (tertiary/aromatic N) is 5. The van der Waals surface area contributed by atoms with E-state index in [1.54, 1.807) is 12.1 Å². The van der Waals surface area contributed by atoms with Crippen molar-refractivity contribution in [3.8, 4) is 39.9 Å². The third-order valence-electron chi connectivity index (χ3n) is 6.10. The fourth-order valence-electron chi connectivity index (χ4n) is 4.22. The first-order chi connectivity index (χ1) is 19.7. The molecule has 5 aromatic rings. The summed E-state index contributed by atoms with van der Waals surface area (Å²) in [6.45, 7) is 0.360. The summed E-state index contributed by atoms with van der Waals surface area (Å²) in [5.74, 6) is -1.06. The average Bonchev–Trinajstić information content (AvgIpc) is 3.49. The summed E-state index contributed by atoms with van der Waals surface area (Å²) in [4.78, 5) is 21.1. The number of aromatic amines is 1. The van der Waals surface area contributed by atoms with Crippen molar-refractivity contribution < 1.29 is 32.5 Å². The van der Waals surface area contributed by atoms with E-state index in [9.17, 15) is 23.1 Å². The summed E-state index contributed by atoms with van der Waals surface area (Å²) < 4.78 is 49.2. The van der Waals surface area contributed by atoms with E-state index < -0.39 is 30.1 Å². The molecule has 2 heterocycles. The zero-order valence-corrected chi connectivity index (χ0v) is 21.6. The lowest BCUT2D eigenvalue weighted by Gasteiger charge is -2.15. The minimum atomic E-state index is -4.65. The molecule has 0 aliphatic carbocycles. The number of tetrazole rings is 1. The SMILES string of the molecule is CCCCc1nc2ccc(OCC(F)(F)F)c(C(=O)O)c2nc1Oc1ccc(-c2ccccc2-c2nn[nH]n2)cc1. The normalized spacial score (nSPS) is 11.5. The van der Waals surface area contributed by atoms with Gasteiger partial charge in [0.2, 0.25) is 11.7 Å². The summed E-state index contributed by atoms with van der Waals surface area (Å²) in [6, 6.07) is 17.2. The van der Waals surface area contributed by atoms with Crippen molar-refractivity contribution in [3.63, 3.8) is 0 Å². The molecular weight excluding hydrogens is 541 g/mol. The highest BCUT2D eigenvalue weighted by molar-refractivity contribution is 6.03. The number of aryl methyl sites for hydroxylation is 1. The third-order valence-corrected chi connectivity index (χ3v) is 6.10.